The summed E-state index contributed by atoms with van der Waals surface area (Å²) in [5.41, 5.74) is 2.09. The van der Waals surface area contributed by atoms with E-state index >= 15 is 0 Å². The van der Waals surface area contributed by atoms with Gasteiger partial charge in [-0.3, -0.25) is 0 Å². The van der Waals surface area contributed by atoms with Gasteiger partial charge in [-0.1, -0.05) is 18.2 Å². The lowest BCUT2D eigenvalue weighted by Gasteiger charge is -1.99. The van der Waals surface area contributed by atoms with Crippen LogP contribution in [0.25, 0.3) is 17.0 Å². The van der Waals surface area contributed by atoms with Gasteiger partial charge in [0.15, 0.2) is 6.23 Å². The fraction of sp³-hybridized carbons (Fsp3) is 0.154. The number of para-hydroxylation sites is 1. The molecular formula is C13H11NO3. The Morgan fingerprint density at radius 3 is 3.00 bits per heavy atom. The second-order valence-corrected chi connectivity index (χ2v) is 3.94. The summed E-state index contributed by atoms with van der Waals surface area (Å²) in [6.07, 6.45) is 3.11. The number of carbonyl (C=O) groups excluding carboxylic acids is 1. The molecule has 1 aromatic carbocycles. The number of cyclic esters (lactones) is 1. The zero-order chi connectivity index (χ0) is 11.8. The lowest BCUT2D eigenvalue weighted by Crippen LogP contribution is -2.16. The Bertz CT molecular complexity index is 612. The van der Waals surface area contributed by atoms with Crippen molar-refractivity contribution in [1.29, 1.82) is 0 Å². The summed E-state index contributed by atoms with van der Waals surface area (Å²) >= 11 is 0. The van der Waals surface area contributed by atoms with E-state index in [9.17, 15) is 4.79 Å². The van der Waals surface area contributed by atoms with Crippen LogP contribution in [0.2, 0.25) is 0 Å². The van der Waals surface area contributed by atoms with Crippen LogP contribution < -0.4 is 5.32 Å². The van der Waals surface area contributed by atoms with Crippen molar-refractivity contribution in [2.24, 2.45) is 0 Å². The molecule has 1 aromatic heterocycles. The SMILES string of the molecule is CC1N/C(=C\c2cccc3ccoc23)C(=O)O1. The minimum Gasteiger partial charge on any atom is -0.464 e. The quantitative estimate of drug-likeness (QED) is 0.602. The van der Waals surface area contributed by atoms with Crippen LogP contribution in [0, 0.1) is 0 Å². The van der Waals surface area contributed by atoms with Crippen LogP contribution in [0.1, 0.15) is 12.5 Å². The maximum atomic E-state index is 11.5. The molecule has 3 rings (SSSR count). The predicted octanol–water partition coefficient (Wildman–Crippen LogP) is 2.27. The molecule has 1 aliphatic rings. The van der Waals surface area contributed by atoms with Crippen molar-refractivity contribution in [3.05, 3.63) is 41.8 Å². The molecule has 1 N–H and O–H groups in total. The van der Waals surface area contributed by atoms with Crippen molar-refractivity contribution in [3.63, 3.8) is 0 Å². The molecule has 1 unspecified atom stereocenters. The van der Waals surface area contributed by atoms with E-state index in [4.69, 9.17) is 9.15 Å². The predicted molar refractivity (Wildman–Crippen MR) is 62.9 cm³/mol. The van der Waals surface area contributed by atoms with E-state index in [1.165, 1.54) is 0 Å². The van der Waals surface area contributed by atoms with E-state index < -0.39 is 0 Å². The molecule has 0 spiro atoms. The van der Waals surface area contributed by atoms with Gasteiger partial charge in [0, 0.05) is 10.9 Å². The first-order chi connectivity index (χ1) is 8.24. The average molecular weight is 229 g/mol. The van der Waals surface area contributed by atoms with Gasteiger partial charge in [0.25, 0.3) is 0 Å². The number of rotatable bonds is 1. The van der Waals surface area contributed by atoms with Crippen LogP contribution in [0.5, 0.6) is 0 Å². The molecule has 4 heteroatoms. The first-order valence-corrected chi connectivity index (χ1v) is 5.39. The van der Waals surface area contributed by atoms with E-state index in [2.05, 4.69) is 5.32 Å². The first kappa shape index (κ1) is 9.96. The molecular weight excluding hydrogens is 218 g/mol. The van der Waals surface area contributed by atoms with Crippen LogP contribution >= 0.6 is 0 Å². The zero-order valence-corrected chi connectivity index (χ0v) is 9.27. The van der Waals surface area contributed by atoms with Crippen LogP contribution in [0.15, 0.2) is 40.6 Å². The number of hydrogen-bond donors (Lipinski definition) is 1. The molecule has 1 atom stereocenters. The second kappa shape index (κ2) is 3.66. The fourth-order valence-corrected chi connectivity index (χ4v) is 1.92. The Morgan fingerprint density at radius 1 is 1.35 bits per heavy atom. The lowest BCUT2D eigenvalue weighted by molar-refractivity contribution is -0.138. The normalized spacial score (nSPS) is 21.8. The van der Waals surface area contributed by atoms with Gasteiger partial charge in [0.1, 0.15) is 11.3 Å². The van der Waals surface area contributed by atoms with Gasteiger partial charge in [0.2, 0.25) is 0 Å². The highest BCUT2D eigenvalue weighted by atomic mass is 16.6. The highest BCUT2D eigenvalue weighted by Crippen LogP contribution is 2.23. The van der Waals surface area contributed by atoms with E-state index in [0.717, 1.165) is 16.5 Å². The number of fused-ring (bicyclic) bond motifs is 1. The topological polar surface area (TPSA) is 51.5 Å². The lowest BCUT2D eigenvalue weighted by atomic mass is 10.1. The van der Waals surface area contributed by atoms with Gasteiger partial charge >= 0.3 is 5.97 Å². The summed E-state index contributed by atoms with van der Waals surface area (Å²) in [4.78, 5) is 11.5. The number of furan rings is 1. The van der Waals surface area contributed by atoms with Crippen molar-refractivity contribution in [3.8, 4) is 0 Å². The largest absolute Gasteiger partial charge is 0.464 e. The maximum Gasteiger partial charge on any atom is 0.356 e. The Morgan fingerprint density at radius 2 is 2.24 bits per heavy atom. The second-order valence-electron chi connectivity index (χ2n) is 3.94. The van der Waals surface area contributed by atoms with Crippen LogP contribution in [-0.2, 0) is 9.53 Å². The highest BCUT2D eigenvalue weighted by molar-refractivity contribution is 5.97. The van der Waals surface area contributed by atoms with Gasteiger partial charge in [-0.25, -0.2) is 4.79 Å². The molecule has 4 nitrogen and oxygen atoms in total. The van der Waals surface area contributed by atoms with Crippen LogP contribution in [0.4, 0.5) is 0 Å². The summed E-state index contributed by atoms with van der Waals surface area (Å²) in [6.45, 7) is 1.78. The zero-order valence-electron chi connectivity index (χ0n) is 9.27. The number of esters is 1. The minimum atomic E-state index is -0.332. The molecule has 0 bridgehead atoms. The number of ether oxygens (including phenoxy) is 1. The third-order valence-corrected chi connectivity index (χ3v) is 2.67. The molecule has 0 aliphatic carbocycles. The standard InChI is InChI=1S/C13H11NO3/c1-8-14-11(13(15)17-8)7-10-4-2-3-9-5-6-16-12(9)10/h2-8,14H,1H3/b11-7-. The molecule has 1 fully saturated rings. The van der Waals surface area contributed by atoms with Gasteiger partial charge in [-0.2, -0.15) is 0 Å². The van der Waals surface area contributed by atoms with E-state index in [1.54, 1.807) is 19.3 Å². The molecule has 0 saturated carbocycles. The van der Waals surface area contributed by atoms with Crippen molar-refractivity contribution in [2.75, 3.05) is 0 Å². The molecule has 17 heavy (non-hydrogen) atoms. The summed E-state index contributed by atoms with van der Waals surface area (Å²) < 4.78 is 10.4. The molecule has 2 aromatic rings. The molecule has 1 aliphatic heterocycles. The summed E-state index contributed by atoms with van der Waals surface area (Å²) in [6, 6.07) is 7.68. The van der Waals surface area contributed by atoms with Crippen molar-refractivity contribution in [2.45, 2.75) is 13.2 Å². The number of carbonyl (C=O) groups is 1. The number of nitrogens with one attached hydrogen (secondary N) is 1. The minimum absolute atomic E-state index is 0.274. The van der Waals surface area contributed by atoms with Gasteiger partial charge < -0.3 is 14.5 Å². The Labute approximate surface area is 97.9 Å². The summed E-state index contributed by atoms with van der Waals surface area (Å²) in [7, 11) is 0. The Kier molecular flexibility index (Phi) is 2.14. The Hall–Kier alpha value is -2.23. The smallest absolute Gasteiger partial charge is 0.356 e. The Balaban J connectivity index is 2.08. The van der Waals surface area contributed by atoms with Crippen molar-refractivity contribution < 1.29 is 13.9 Å². The van der Waals surface area contributed by atoms with Gasteiger partial charge in [-0.15, -0.1) is 0 Å². The number of hydrogen-bond acceptors (Lipinski definition) is 4. The first-order valence-electron chi connectivity index (χ1n) is 5.39. The molecule has 2 heterocycles. The van der Waals surface area contributed by atoms with Crippen LogP contribution in [-0.4, -0.2) is 12.2 Å². The van der Waals surface area contributed by atoms with Crippen molar-refractivity contribution >= 4 is 23.0 Å². The monoisotopic (exact) mass is 229 g/mol. The summed E-state index contributed by atoms with van der Waals surface area (Å²) in [5, 5.41) is 3.97. The van der Waals surface area contributed by atoms with Crippen molar-refractivity contribution in [1.82, 2.24) is 5.32 Å². The third-order valence-electron chi connectivity index (χ3n) is 2.67. The molecule has 1 saturated heterocycles. The average Bonchev–Trinajstić information content (AvgIpc) is 2.87. The third kappa shape index (κ3) is 1.67. The summed E-state index contributed by atoms with van der Waals surface area (Å²) in [5.74, 6) is -0.332. The number of benzene rings is 1. The van der Waals surface area contributed by atoms with E-state index in [-0.39, 0.29) is 12.2 Å². The maximum absolute atomic E-state index is 11.5. The van der Waals surface area contributed by atoms with E-state index in [0.29, 0.717) is 5.70 Å². The fourth-order valence-electron chi connectivity index (χ4n) is 1.92. The van der Waals surface area contributed by atoms with Gasteiger partial charge in [-0.05, 0) is 19.1 Å². The molecule has 86 valence electrons. The van der Waals surface area contributed by atoms with Crippen LogP contribution in [0.3, 0.4) is 0 Å². The molecule has 0 amide bonds. The van der Waals surface area contributed by atoms with E-state index in [1.807, 2.05) is 24.3 Å². The highest BCUT2D eigenvalue weighted by Gasteiger charge is 2.24. The van der Waals surface area contributed by atoms with Gasteiger partial charge in [0.05, 0.1) is 6.26 Å². The molecule has 0 radical (unpaired) electrons.